The number of hydrogen-bond donors (Lipinski definition) is 3. The van der Waals surface area contributed by atoms with Gasteiger partial charge in [0.05, 0.1) is 28.4 Å². The van der Waals surface area contributed by atoms with Gasteiger partial charge in [-0.05, 0) is 30.7 Å². The van der Waals surface area contributed by atoms with E-state index in [0.29, 0.717) is 28.9 Å². The van der Waals surface area contributed by atoms with Gasteiger partial charge in [0.25, 0.3) is 5.56 Å². The van der Waals surface area contributed by atoms with Gasteiger partial charge in [0.15, 0.2) is 0 Å². The number of imidazole rings is 1. The van der Waals surface area contributed by atoms with Gasteiger partial charge in [-0.15, -0.1) is 0 Å². The fourth-order valence-electron chi connectivity index (χ4n) is 3.04. The highest BCUT2D eigenvalue weighted by Crippen LogP contribution is 2.28. The summed E-state index contributed by atoms with van der Waals surface area (Å²) < 4.78 is 19.5. The van der Waals surface area contributed by atoms with Crippen LogP contribution in [0.4, 0.5) is 15.1 Å². The van der Waals surface area contributed by atoms with Crippen molar-refractivity contribution in [3.05, 3.63) is 52.6 Å². The number of nitrogens with one attached hydrogen (secondary N) is 3. The van der Waals surface area contributed by atoms with Gasteiger partial charge in [0.1, 0.15) is 11.5 Å². The minimum atomic E-state index is -0.590. The van der Waals surface area contributed by atoms with Crippen molar-refractivity contribution in [2.75, 3.05) is 11.9 Å². The summed E-state index contributed by atoms with van der Waals surface area (Å²) in [5.41, 5.74) is 1.65. The molecule has 1 amide bonds. The zero-order chi connectivity index (χ0) is 20.4. The van der Waals surface area contributed by atoms with E-state index in [2.05, 4.69) is 25.5 Å². The van der Waals surface area contributed by atoms with Gasteiger partial charge in [0.2, 0.25) is 5.95 Å². The van der Waals surface area contributed by atoms with E-state index in [1.54, 1.807) is 24.3 Å². The first-order valence-corrected chi connectivity index (χ1v) is 9.17. The molecule has 0 saturated carbocycles. The molecule has 0 aliphatic heterocycles. The van der Waals surface area contributed by atoms with Gasteiger partial charge in [-0.1, -0.05) is 25.5 Å². The molecule has 29 heavy (non-hydrogen) atoms. The quantitative estimate of drug-likeness (QED) is 0.443. The Hall–Kier alpha value is -3.75. The number of amides is 1. The highest BCUT2D eigenvalue weighted by Gasteiger charge is 2.14. The second-order valence-corrected chi connectivity index (χ2v) is 6.50. The molecule has 2 aromatic heterocycles. The number of anilines is 1. The van der Waals surface area contributed by atoms with Gasteiger partial charge in [0, 0.05) is 5.56 Å². The van der Waals surface area contributed by atoms with Crippen LogP contribution in [-0.4, -0.2) is 32.9 Å². The summed E-state index contributed by atoms with van der Waals surface area (Å²) in [6, 6.07) is 9.47. The van der Waals surface area contributed by atoms with E-state index < -0.39 is 17.5 Å². The van der Waals surface area contributed by atoms with Crippen LogP contribution in [-0.2, 0) is 4.74 Å². The summed E-state index contributed by atoms with van der Waals surface area (Å²) in [7, 11) is 0. The predicted octanol–water partition coefficient (Wildman–Crippen LogP) is 3.95. The van der Waals surface area contributed by atoms with E-state index in [4.69, 9.17) is 4.74 Å². The molecule has 0 aliphatic rings. The standard InChI is InChI=1S/C20H18FN5O3/c1-2-3-9-29-20(28)24-19-22-14-8-7-11(10-15(14)23-19)17-16-12(18(27)26-25-17)5-4-6-13(16)21/h4-8,10H,2-3,9H2,1H3,(H,26,27)(H2,22,23,24,28). The molecule has 0 saturated heterocycles. The van der Waals surface area contributed by atoms with Crippen molar-refractivity contribution in [1.29, 1.82) is 0 Å². The second kappa shape index (κ2) is 7.70. The van der Waals surface area contributed by atoms with E-state index in [1.165, 1.54) is 12.1 Å². The number of fused-ring (bicyclic) bond motifs is 2. The van der Waals surface area contributed by atoms with Crippen LogP contribution in [0.2, 0.25) is 0 Å². The Balaban J connectivity index is 1.69. The van der Waals surface area contributed by atoms with Crippen molar-refractivity contribution in [2.24, 2.45) is 0 Å². The minimum Gasteiger partial charge on any atom is -0.449 e. The molecule has 0 aliphatic carbocycles. The maximum absolute atomic E-state index is 14.4. The molecule has 3 N–H and O–H groups in total. The van der Waals surface area contributed by atoms with Crippen molar-refractivity contribution < 1.29 is 13.9 Å². The van der Waals surface area contributed by atoms with Crippen LogP contribution in [0, 0.1) is 5.82 Å². The van der Waals surface area contributed by atoms with Gasteiger partial charge >= 0.3 is 6.09 Å². The number of aromatic amines is 2. The first kappa shape index (κ1) is 18.6. The first-order chi connectivity index (χ1) is 14.1. The average molecular weight is 395 g/mol. The number of H-pyrrole nitrogens is 2. The number of carbonyl (C=O) groups is 1. The summed E-state index contributed by atoms with van der Waals surface area (Å²) >= 11 is 0. The Kier molecular flexibility index (Phi) is 4.94. The van der Waals surface area contributed by atoms with Gasteiger partial charge < -0.3 is 9.72 Å². The van der Waals surface area contributed by atoms with Gasteiger partial charge in [-0.25, -0.2) is 19.3 Å². The van der Waals surface area contributed by atoms with Gasteiger partial charge in [-0.3, -0.25) is 10.1 Å². The van der Waals surface area contributed by atoms with E-state index in [1.807, 2.05) is 6.92 Å². The third kappa shape index (κ3) is 3.66. The predicted molar refractivity (Wildman–Crippen MR) is 107 cm³/mol. The van der Waals surface area contributed by atoms with Crippen LogP contribution in [0.15, 0.2) is 41.2 Å². The Morgan fingerprint density at radius 1 is 1.28 bits per heavy atom. The maximum Gasteiger partial charge on any atom is 0.413 e. The SMILES string of the molecule is CCCCOC(=O)Nc1nc2ccc(-c3n[nH]c(=O)c4cccc(F)c34)cc2[nH]1. The molecule has 0 spiro atoms. The average Bonchev–Trinajstić information content (AvgIpc) is 3.10. The number of halogens is 1. The number of hydrogen-bond acceptors (Lipinski definition) is 5. The molecular weight excluding hydrogens is 377 g/mol. The van der Waals surface area contributed by atoms with E-state index in [-0.39, 0.29) is 16.7 Å². The molecular formula is C20H18FN5O3. The second-order valence-electron chi connectivity index (χ2n) is 6.50. The van der Waals surface area contributed by atoms with Crippen molar-refractivity contribution in [2.45, 2.75) is 19.8 Å². The molecule has 0 unspecified atom stereocenters. The molecule has 4 rings (SSSR count). The molecule has 148 valence electrons. The normalized spacial score (nSPS) is 11.1. The number of unbranched alkanes of at least 4 members (excludes halogenated alkanes) is 1. The molecule has 8 nitrogen and oxygen atoms in total. The van der Waals surface area contributed by atoms with Crippen molar-refractivity contribution in [3.63, 3.8) is 0 Å². The number of benzene rings is 2. The Morgan fingerprint density at radius 2 is 2.14 bits per heavy atom. The third-order valence-electron chi connectivity index (χ3n) is 4.47. The van der Waals surface area contributed by atoms with Crippen LogP contribution in [0.25, 0.3) is 33.1 Å². The van der Waals surface area contributed by atoms with Crippen LogP contribution < -0.4 is 10.9 Å². The van der Waals surface area contributed by atoms with Crippen LogP contribution >= 0.6 is 0 Å². The van der Waals surface area contributed by atoms with Crippen LogP contribution in [0.5, 0.6) is 0 Å². The van der Waals surface area contributed by atoms with E-state index in [0.717, 1.165) is 12.8 Å². The number of carbonyl (C=O) groups excluding carboxylic acids is 1. The van der Waals surface area contributed by atoms with Crippen molar-refractivity contribution in [3.8, 4) is 11.3 Å². The maximum atomic E-state index is 14.4. The Bertz CT molecular complexity index is 1260. The summed E-state index contributed by atoms with van der Waals surface area (Å²) in [6.07, 6.45) is 1.12. The Labute approximate surface area is 164 Å². The molecule has 0 radical (unpaired) electrons. The zero-order valence-corrected chi connectivity index (χ0v) is 15.6. The lowest BCUT2D eigenvalue weighted by atomic mass is 10.0. The molecule has 9 heteroatoms. The van der Waals surface area contributed by atoms with E-state index in [9.17, 15) is 14.0 Å². The summed E-state index contributed by atoms with van der Waals surface area (Å²) in [6.45, 7) is 2.34. The lowest BCUT2D eigenvalue weighted by Crippen LogP contribution is -2.15. The number of nitrogens with zero attached hydrogens (tertiary/aromatic N) is 2. The number of aromatic nitrogens is 4. The summed E-state index contributed by atoms with van der Waals surface area (Å²) in [5, 5.41) is 9.35. The molecule has 2 aromatic carbocycles. The molecule has 0 bridgehead atoms. The lowest BCUT2D eigenvalue weighted by molar-refractivity contribution is 0.159. The van der Waals surface area contributed by atoms with E-state index >= 15 is 0 Å². The van der Waals surface area contributed by atoms with Crippen LogP contribution in [0.3, 0.4) is 0 Å². The van der Waals surface area contributed by atoms with Crippen molar-refractivity contribution >= 4 is 33.8 Å². The fraction of sp³-hybridized carbons (Fsp3) is 0.200. The monoisotopic (exact) mass is 395 g/mol. The number of ether oxygens (including phenoxy) is 1. The van der Waals surface area contributed by atoms with Crippen molar-refractivity contribution in [1.82, 2.24) is 20.2 Å². The first-order valence-electron chi connectivity index (χ1n) is 9.17. The lowest BCUT2D eigenvalue weighted by Gasteiger charge is -2.06. The topological polar surface area (TPSA) is 113 Å². The van der Waals surface area contributed by atoms with Gasteiger partial charge in [-0.2, -0.15) is 5.10 Å². The number of rotatable bonds is 5. The molecule has 4 aromatic rings. The third-order valence-corrected chi connectivity index (χ3v) is 4.47. The van der Waals surface area contributed by atoms with Crippen LogP contribution in [0.1, 0.15) is 19.8 Å². The molecule has 0 fully saturated rings. The largest absolute Gasteiger partial charge is 0.449 e. The minimum absolute atomic E-state index is 0.146. The molecule has 0 atom stereocenters. The zero-order valence-electron chi connectivity index (χ0n) is 15.6. The summed E-state index contributed by atoms with van der Waals surface area (Å²) in [5.74, 6) is -0.290. The smallest absolute Gasteiger partial charge is 0.413 e. The Morgan fingerprint density at radius 3 is 2.97 bits per heavy atom. The fourth-order valence-corrected chi connectivity index (χ4v) is 3.04. The molecule has 2 heterocycles. The summed E-state index contributed by atoms with van der Waals surface area (Å²) in [4.78, 5) is 31.0. The highest BCUT2D eigenvalue weighted by molar-refractivity contribution is 5.96. The highest BCUT2D eigenvalue weighted by atomic mass is 19.1.